The number of hydroxylamine groups is 1. The van der Waals surface area contributed by atoms with Gasteiger partial charge in [0.05, 0.1) is 22.6 Å². The number of anilines is 2. The predicted octanol–water partition coefficient (Wildman–Crippen LogP) is 4.90. The van der Waals surface area contributed by atoms with E-state index >= 15 is 0 Å². The van der Waals surface area contributed by atoms with E-state index in [0.717, 1.165) is 5.06 Å². The van der Waals surface area contributed by atoms with E-state index in [4.69, 9.17) is 0 Å². The van der Waals surface area contributed by atoms with Gasteiger partial charge in [0.25, 0.3) is 5.91 Å². The molecule has 4 nitrogen and oxygen atoms in total. The lowest BCUT2D eigenvalue weighted by Gasteiger charge is -2.19. The van der Waals surface area contributed by atoms with Crippen LogP contribution in [0.2, 0.25) is 0 Å². The number of para-hydroxylation sites is 2. The van der Waals surface area contributed by atoms with Gasteiger partial charge in [-0.2, -0.15) is 0 Å². The van der Waals surface area contributed by atoms with Crippen LogP contribution in [0.25, 0.3) is 0 Å². The Labute approximate surface area is 133 Å². The summed E-state index contributed by atoms with van der Waals surface area (Å²) in [4.78, 5) is 12.0. The lowest BCUT2D eigenvalue weighted by molar-refractivity contribution is -0.112. The van der Waals surface area contributed by atoms with E-state index in [0.29, 0.717) is 22.6 Å². The monoisotopic (exact) mass is 302 g/mol. The molecule has 120 valence electrons. The summed E-state index contributed by atoms with van der Waals surface area (Å²) in [5.74, 6) is -0.255. The lowest BCUT2D eigenvalue weighted by Crippen LogP contribution is -2.20. The highest BCUT2D eigenvalue weighted by Gasteiger charge is 2.25. The number of rotatable bonds is 1. The SMILES string of the molecule is C=C/C=C1\C(=C/C)C(=O)Nc2ccccc2N1O.CC.CC. The van der Waals surface area contributed by atoms with Gasteiger partial charge < -0.3 is 5.32 Å². The second kappa shape index (κ2) is 10.4. The number of hydrogen-bond donors (Lipinski definition) is 2. The summed E-state index contributed by atoms with van der Waals surface area (Å²) in [5, 5.41) is 14.0. The van der Waals surface area contributed by atoms with E-state index in [1.807, 2.05) is 27.7 Å². The zero-order valence-corrected chi connectivity index (χ0v) is 14.1. The molecule has 4 heteroatoms. The molecule has 0 saturated carbocycles. The first-order valence-corrected chi connectivity index (χ1v) is 7.57. The van der Waals surface area contributed by atoms with Crippen molar-refractivity contribution in [3.05, 3.63) is 60.3 Å². The van der Waals surface area contributed by atoms with Crippen molar-refractivity contribution in [2.24, 2.45) is 0 Å². The zero-order chi connectivity index (χ0) is 17.1. The van der Waals surface area contributed by atoms with Crippen molar-refractivity contribution in [1.82, 2.24) is 0 Å². The normalized spacial score (nSPS) is 16.5. The smallest absolute Gasteiger partial charge is 0.257 e. The first-order valence-electron chi connectivity index (χ1n) is 7.57. The Morgan fingerprint density at radius 1 is 1.18 bits per heavy atom. The summed E-state index contributed by atoms with van der Waals surface area (Å²) in [6.07, 6.45) is 4.78. The Hall–Kier alpha value is -2.33. The fourth-order valence-corrected chi connectivity index (χ4v) is 1.86. The van der Waals surface area contributed by atoms with Crippen LogP contribution in [0.3, 0.4) is 0 Å². The Morgan fingerprint density at radius 3 is 2.32 bits per heavy atom. The van der Waals surface area contributed by atoms with Gasteiger partial charge in [-0.05, 0) is 25.1 Å². The maximum Gasteiger partial charge on any atom is 0.257 e. The third-order valence-electron chi connectivity index (χ3n) is 2.69. The molecule has 1 amide bonds. The minimum Gasteiger partial charge on any atom is -0.320 e. The molecule has 2 rings (SSSR count). The van der Waals surface area contributed by atoms with Crippen molar-refractivity contribution in [1.29, 1.82) is 0 Å². The fourth-order valence-electron chi connectivity index (χ4n) is 1.86. The van der Waals surface area contributed by atoms with Crippen molar-refractivity contribution >= 4 is 17.3 Å². The molecule has 1 aliphatic heterocycles. The van der Waals surface area contributed by atoms with Gasteiger partial charge in [-0.25, -0.2) is 5.06 Å². The number of hydrogen-bond acceptors (Lipinski definition) is 3. The predicted molar refractivity (Wildman–Crippen MR) is 94.1 cm³/mol. The highest BCUT2D eigenvalue weighted by molar-refractivity contribution is 6.10. The van der Waals surface area contributed by atoms with E-state index in [-0.39, 0.29) is 5.91 Å². The third kappa shape index (κ3) is 4.33. The van der Waals surface area contributed by atoms with Gasteiger partial charge in [-0.1, -0.05) is 58.6 Å². The molecule has 22 heavy (non-hydrogen) atoms. The van der Waals surface area contributed by atoms with Crippen LogP contribution < -0.4 is 10.4 Å². The van der Waals surface area contributed by atoms with Gasteiger partial charge in [0, 0.05) is 0 Å². The van der Waals surface area contributed by atoms with Gasteiger partial charge in [0.1, 0.15) is 0 Å². The van der Waals surface area contributed by atoms with Crippen molar-refractivity contribution in [2.75, 3.05) is 10.4 Å². The topological polar surface area (TPSA) is 52.6 Å². The molecule has 1 heterocycles. The second-order valence-corrected chi connectivity index (χ2v) is 3.77. The molecule has 0 spiro atoms. The van der Waals surface area contributed by atoms with Crippen LogP contribution >= 0.6 is 0 Å². The molecule has 0 bridgehead atoms. The molecular weight excluding hydrogens is 276 g/mol. The number of amides is 1. The molecule has 0 atom stereocenters. The first kappa shape index (κ1) is 19.7. The number of allylic oxidation sites excluding steroid dienone is 3. The molecule has 0 unspecified atom stereocenters. The van der Waals surface area contributed by atoms with E-state index in [1.54, 1.807) is 43.3 Å². The van der Waals surface area contributed by atoms with Gasteiger partial charge >= 0.3 is 0 Å². The summed E-state index contributed by atoms with van der Waals surface area (Å²) < 4.78 is 0. The maximum absolute atomic E-state index is 12.0. The van der Waals surface area contributed by atoms with Crippen LogP contribution in [-0.2, 0) is 4.79 Å². The molecule has 1 aliphatic rings. The van der Waals surface area contributed by atoms with E-state index in [2.05, 4.69) is 11.9 Å². The Bertz CT molecular complexity index is 560. The van der Waals surface area contributed by atoms with Crippen molar-refractivity contribution in [3.8, 4) is 0 Å². The van der Waals surface area contributed by atoms with Crippen LogP contribution in [-0.4, -0.2) is 11.1 Å². The molecule has 1 aromatic rings. The number of benzene rings is 1. The van der Waals surface area contributed by atoms with E-state index < -0.39 is 0 Å². The Morgan fingerprint density at radius 2 is 1.77 bits per heavy atom. The fraction of sp³-hybridized carbons (Fsp3) is 0.278. The van der Waals surface area contributed by atoms with Crippen LogP contribution in [0.15, 0.2) is 60.3 Å². The van der Waals surface area contributed by atoms with Gasteiger partial charge in [0.2, 0.25) is 0 Å². The minimum absolute atomic E-state index is 0.255. The number of carbonyl (C=O) groups excluding carboxylic acids is 1. The quantitative estimate of drug-likeness (QED) is 0.725. The second-order valence-electron chi connectivity index (χ2n) is 3.77. The van der Waals surface area contributed by atoms with Crippen molar-refractivity contribution in [3.63, 3.8) is 0 Å². The van der Waals surface area contributed by atoms with Gasteiger partial charge in [-0.3, -0.25) is 10.0 Å². The summed E-state index contributed by atoms with van der Waals surface area (Å²) >= 11 is 0. The van der Waals surface area contributed by atoms with Crippen LogP contribution in [0.4, 0.5) is 11.4 Å². The Kier molecular flexibility index (Phi) is 9.30. The van der Waals surface area contributed by atoms with Crippen LogP contribution in [0.5, 0.6) is 0 Å². The summed E-state index contributed by atoms with van der Waals surface area (Å²) in [5.41, 5.74) is 1.89. The number of nitrogens with one attached hydrogen (secondary N) is 1. The summed E-state index contributed by atoms with van der Waals surface area (Å²) in [7, 11) is 0. The lowest BCUT2D eigenvalue weighted by atomic mass is 10.1. The molecule has 0 radical (unpaired) electrons. The van der Waals surface area contributed by atoms with E-state index in [9.17, 15) is 10.0 Å². The molecule has 0 fully saturated rings. The molecule has 1 aromatic carbocycles. The third-order valence-corrected chi connectivity index (χ3v) is 2.69. The number of fused-ring (bicyclic) bond motifs is 1. The van der Waals surface area contributed by atoms with E-state index in [1.165, 1.54) is 6.08 Å². The average molecular weight is 302 g/mol. The number of nitrogens with zero attached hydrogens (tertiary/aromatic N) is 1. The summed E-state index contributed by atoms with van der Waals surface area (Å²) in [6.45, 7) is 13.3. The number of carbonyl (C=O) groups is 1. The molecular formula is C18H26N2O2. The van der Waals surface area contributed by atoms with Gasteiger partial charge in [0.15, 0.2) is 0 Å². The molecule has 0 saturated heterocycles. The van der Waals surface area contributed by atoms with Crippen molar-refractivity contribution in [2.45, 2.75) is 34.6 Å². The molecule has 2 N–H and O–H groups in total. The highest BCUT2D eigenvalue weighted by Crippen LogP contribution is 2.33. The zero-order valence-electron chi connectivity index (χ0n) is 14.1. The minimum atomic E-state index is -0.255. The largest absolute Gasteiger partial charge is 0.320 e. The highest BCUT2D eigenvalue weighted by atomic mass is 16.5. The van der Waals surface area contributed by atoms with Crippen LogP contribution in [0.1, 0.15) is 34.6 Å². The standard InChI is InChI=1S/C14H14N2O2.2C2H6/c1-3-7-12-10(4-2)14(17)15-11-8-5-6-9-13(11)16(12)18;2*1-2/h3-9,18H,1H2,2H3,(H,15,17);2*1-2H3/b10-4+,12-7+;;. The molecule has 0 aromatic heterocycles. The summed E-state index contributed by atoms with van der Waals surface area (Å²) in [6, 6.07) is 7.05. The Balaban J connectivity index is 0.00000102. The van der Waals surface area contributed by atoms with Crippen LogP contribution in [0, 0.1) is 0 Å². The average Bonchev–Trinajstić information content (AvgIpc) is 2.67. The first-order chi connectivity index (χ1) is 10.7. The van der Waals surface area contributed by atoms with Crippen molar-refractivity contribution < 1.29 is 10.0 Å². The van der Waals surface area contributed by atoms with Gasteiger partial charge in [-0.15, -0.1) is 0 Å². The maximum atomic E-state index is 12.0. The molecule has 0 aliphatic carbocycles.